The van der Waals surface area contributed by atoms with Crippen molar-refractivity contribution in [1.82, 2.24) is 9.97 Å². The molecule has 5 rings (SSSR count). The lowest BCUT2D eigenvalue weighted by atomic mass is 10.0. The number of azo groups is 1. The summed E-state index contributed by atoms with van der Waals surface area (Å²) in [6.07, 6.45) is 3.48. The van der Waals surface area contributed by atoms with Crippen LogP contribution in [0.4, 0.5) is 11.4 Å². The molecule has 0 fully saturated rings. The highest BCUT2D eigenvalue weighted by Gasteiger charge is 2.11. The minimum atomic E-state index is 0.639. The van der Waals surface area contributed by atoms with Crippen molar-refractivity contribution in [2.75, 3.05) is 0 Å². The third-order valence-corrected chi connectivity index (χ3v) is 4.73. The largest absolute Gasteiger partial charge is 0.237 e. The van der Waals surface area contributed by atoms with Crippen LogP contribution in [0.15, 0.2) is 108 Å². The summed E-state index contributed by atoms with van der Waals surface area (Å²) in [6.45, 7) is 0. The van der Waals surface area contributed by atoms with Crippen LogP contribution in [0.3, 0.4) is 0 Å². The second-order valence-electron chi connectivity index (χ2n) is 6.45. The van der Waals surface area contributed by atoms with Gasteiger partial charge in [-0.2, -0.15) is 0 Å². The Balaban J connectivity index is 1.72. The maximum absolute atomic E-state index is 4.68. The zero-order valence-corrected chi connectivity index (χ0v) is 15.0. The van der Waals surface area contributed by atoms with Crippen LogP contribution in [0.25, 0.3) is 32.9 Å². The van der Waals surface area contributed by atoms with E-state index in [4.69, 9.17) is 0 Å². The summed E-state index contributed by atoms with van der Waals surface area (Å²) < 4.78 is 0. The lowest BCUT2D eigenvalue weighted by molar-refractivity contribution is 1.17. The Morgan fingerprint density at radius 2 is 1.21 bits per heavy atom. The summed E-state index contributed by atoms with van der Waals surface area (Å²) in [4.78, 5) is 8.82. The molecule has 0 aliphatic rings. The summed E-state index contributed by atoms with van der Waals surface area (Å²) in [5.41, 5.74) is 2.48. The molecule has 5 aromatic rings. The molecule has 0 bridgehead atoms. The van der Waals surface area contributed by atoms with E-state index in [9.17, 15) is 0 Å². The third kappa shape index (κ3) is 2.91. The molecule has 0 saturated carbocycles. The first-order valence-electron chi connectivity index (χ1n) is 9.09. The summed E-state index contributed by atoms with van der Waals surface area (Å²) in [7, 11) is 0. The molecule has 1 heterocycles. The van der Waals surface area contributed by atoms with Gasteiger partial charge in [0.1, 0.15) is 5.69 Å². The van der Waals surface area contributed by atoms with Gasteiger partial charge in [0.2, 0.25) is 0 Å². The molecular weight excluding hydrogens is 344 g/mol. The Kier molecular flexibility index (Phi) is 4.07. The third-order valence-electron chi connectivity index (χ3n) is 4.73. The lowest BCUT2D eigenvalue weighted by Crippen LogP contribution is -1.88. The summed E-state index contributed by atoms with van der Waals surface area (Å²) in [5.74, 6) is 0.639. The van der Waals surface area contributed by atoms with E-state index in [1.807, 2.05) is 48.5 Å². The van der Waals surface area contributed by atoms with Gasteiger partial charge in [-0.05, 0) is 29.0 Å². The standard InChI is InChI=1S/C24H16N4/c1-3-10-19-17(7-1)9-5-12-22(19)27-28-23-20-11-4-2-8-18(20)13-14-21(23)24-25-15-6-16-26-24/h1-16H. The van der Waals surface area contributed by atoms with Crippen LogP contribution >= 0.6 is 0 Å². The molecule has 0 amide bonds. The zero-order valence-electron chi connectivity index (χ0n) is 15.0. The highest BCUT2D eigenvalue weighted by molar-refractivity contribution is 5.99. The highest BCUT2D eigenvalue weighted by Crippen LogP contribution is 2.37. The first-order chi connectivity index (χ1) is 13.9. The van der Waals surface area contributed by atoms with E-state index in [1.165, 1.54) is 0 Å². The number of rotatable bonds is 3. The number of fused-ring (bicyclic) bond motifs is 2. The van der Waals surface area contributed by atoms with Crippen molar-refractivity contribution in [2.24, 2.45) is 10.2 Å². The molecular formula is C24H16N4. The Morgan fingerprint density at radius 1 is 0.536 bits per heavy atom. The van der Waals surface area contributed by atoms with E-state index >= 15 is 0 Å². The topological polar surface area (TPSA) is 50.5 Å². The Morgan fingerprint density at radius 3 is 2.04 bits per heavy atom. The average Bonchev–Trinajstić information content (AvgIpc) is 2.78. The van der Waals surface area contributed by atoms with Gasteiger partial charge in [0, 0.05) is 28.7 Å². The molecule has 4 nitrogen and oxygen atoms in total. The SMILES string of the molecule is c1cnc(-c2ccc3ccccc3c2N=Nc2cccc3ccccc23)nc1. The summed E-state index contributed by atoms with van der Waals surface area (Å²) >= 11 is 0. The number of benzene rings is 4. The second-order valence-corrected chi connectivity index (χ2v) is 6.45. The van der Waals surface area contributed by atoms with Crippen LogP contribution in [-0.2, 0) is 0 Å². The van der Waals surface area contributed by atoms with Crippen molar-refractivity contribution >= 4 is 32.9 Å². The van der Waals surface area contributed by atoms with Crippen LogP contribution in [0.2, 0.25) is 0 Å². The van der Waals surface area contributed by atoms with Gasteiger partial charge in [0.25, 0.3) is 0 Å². The molecule has 4 aromatic carbocycles. The molecule has 1 aromatic heterocycles. The predicted octanol–water partition coefficient (Wildman–Crippen LogP) is 6.87. The lowest BCUT2D eigenvalue weighted by Gasteiger charge is -2.08. The number of nitrogens with zero attached hydrogens (tertiary/aromatic N) is 4. The van der Waals surface area contributed by atoms with E-state index in [0.717, 1.165) is 38.5 Å². The van der Waals surface area contributed by atoms with Gasteiger partial charge in [-0.15, -0.1) is 10.2 Å². The molecule has 132 valence electrons. The fourth-order valence-electron chi connectivity index (χ4n) is 3.38. The summed E-state index contributed by atoms with van der Waals surface area (Å²) in [5, 5.41) is 13.6. The minimum Gasteiger partial charge on any atom is -0.237 e. The quantitative estimate of drug-likeness (QED) is 0.330. The molecule has 0 atom stereocenters. The van der Waals surface area contributed by atoms with E-state index in [-0.39, 0.29) is 0 Å². The maximum Gasteiger partial charge on any atom is 0.161 e. The van der Waals surface area contributed by atoms with Crippen molar-refractivity contribution in [2.45, 2.75) is 0 Å². The van der Waals surface area contributed by atoms with Gasteiger partial charge in [0.05, 0.1) is 5.69 Å². The number of aromatic nitrogens is 2. The Hall–Kier alpha value is -3.92. The molecule has 0 N–H and O–H groups in total. The number of hydrogen-bond acceptors (Lipinski definition) is 4. The maximum atomic E-state index is 4.68. The first kappa shape index (κ1) is 16.3. The monoisotopic (exact) mass is 360 g/mol. The van der Waals surface area contributed by atoms with E-state index in [2.05, 4.69) is 56.6 Å². The van der Waals surface area contributed by atoms with Crippen LogP contribution < -0.4 is 0 Å². The summed E-state index contributed by atoms with van der Waals surface area (Å²) in [6, 6.07) is 28.3. The fourth-order valence-corrected chi connectivity index (χ4v) is 3.38. The Bertz CT molecular complexity index is 1310. The van der Waals surface area contributed by atoms with Crippen molar-refractivity contribution in [3.05, 3.63) is 97.3 Å². The van der Waals surface area contributed by atoms with Crippen LogP contribution in [0.5, 0.6) is 0 Å². The van der Waals surface area contributed by atoms with Crippen molar-refractivity contribution < 1.29 is 0 Å². The molecule has 0 unspecified atom stereocenters. The van der Waals surface area contributed by atoms with E-state index in [1.54, 1.807) is 12.4 Å². The van der Waals surface area contributed by atoms with E-state index in [0.29, 0.717) is 5.82 Å². The molecule has 0 aliphatic heterocycles. The molecule has 0 spiro atoms. The first-order valence-corrected chi connectivity index (χ1v) is 9.09. The van der Waals surface area contributed by atoms with Gasteiger partial charge in [-0.1, -0.05) is 66.7 Å². The van der Waals surface area contributed by atoms with Gasteiger partial charge in [0.15, 0.2) is 5.82 Å². The van der Waals surface area contributed by atoms with Crippen LogP contribution in [0, 0.1) is 0 Å². The van der Waals surface area contributed by atoms with Crippen LogP contribution in [0.1, 0.15) is 0 Å². The van der Waals surface area contributed by atoms with Gasteiger partial charge >= 0.3 is 0 Å². The molecule has 0 aliphatic carbocycles. The van der Waals surface area contributed by atoms with Gasteiger partial charge < -0.3 is 0 Å². The fraction of sp³-hybridized carbons (Fsp3) is 0. The van der Waals surface area contributed by atoms with Crippen molar-refractivity contribution in [1.29, 1.82) is 0 Å². The zero-order chi connectivity index (χ0) is 18.8. The molecule has 0 radical (unpaired) electrons. The highest BCUT2D eigenvalue weighted by atomic mass is 15.1. The normalized spacial score (nSPS) is 11.4. The molecule has 0 saturated heterocycles. The van der Waals surface area contributed by atoms with Gasteiger partial charge in [-0.3, -0.25) is 0 Å². The Labute approximate surface area is 162 Å². The second kappa shape index (κ2) is 7.00. The smallest absolute Gasteiger partial charge is 0.161 e. The number of hydrogen-bond donors (Lipinski definition) is 0. The van der Waals surface area contributed by atoms with Crippen molar-refractivity contribution in [3.63, 3.8) is 0 Å². The minimum absolute atomic E-state index is 0.639. The predicted molar refractivity (Wildman–Crippen MR) is 113 cm³/mol. The molecule has 4 heteroatoms. The average molecular weight is 360 g/mol. The van der Waals surface area contributed by atoms with Crippen LogP contribution in [-0.4, -0.2) is 9.97 Å². The van der Waals surface area contributed by atoms with Gasteiger partial charge in [-0.25, -0.2) is 9.97 Å². The molecule has 28 heavy (non-hydrogen) atoms. The van der Waals surface area contributed by atoms with E-state index < -0.39 is 0 Å². The van der Waals surface area contributed by atoms with Crippen molar-refractivity contribution in [3.8, 4) is 11.4 Å².